The van der Waals surface area contributed by atoms with Gasteiger partial charge in [0.05, 0.1) is 4.92 Å². The van der Waals surface area contributed by atoms with E-state index in [1.807, 2.05) is 13.8 Å². The fourth-order valence-electron chi connectivity index (χ4n) is 4.33. The number of nitrogens with one attached hydrogen (secondary N) is 1. The Morgan fingerprint density at radius 1 is 0.861 bits per heavy atom. The van der Waals surface area contributed by atoms with Gasteiger partial charge in [0.25, 0.3) is 0 Å². The minimum absolute atomic E-state index is 0.0837. The molecule has 2 aromatic rings. The Morgan fingerprint density at radius 2 is 1.36 bits per heavy atom. The molecule has 1 heterocycles. The predicted octanol–water partition coefficient (Wildman–Crippen LogP) is 9.34. The number of unbranched alkanes of at least 4 members (excludes halogenated alkanes) is 13. The first-order chi connectivity index (χ1) is 17.4. The number of anilines is 1. The molecule has 0 bridgehead atoms. The Balaban J connectivity index is 1.68. The molecule has 36 heavy (non-hydrogen) atoms. The zero-order valence-electron chi connectivity index (χ0n) is 22.3. The molecule has 0 aliphatic carbocycles. The van der Waals surface area contributed by atoms with Crippen LogP contribution in [0.5, 0.6) is 11.6 Å². The lowest BCUT2D eigenvalue weighted by Gasteiger charge is -2.11. The van der Waals surface area contributed by atoms with Crippen molar-refractivity contribution in [1.82, 2.24) is 9.97 Å². The molecule has 0 saturated heterocycles. The molecule has 0 spiro atoms. The molecule has 0 radical (unpaired) electrons. The van der Waals surface area contributed by atoms with E-state index in [1.165, 1.54) is 83.4 Å². The molecule has 1 aromatic heterocycles. The normalized spacial score (nSPS) is 11.0. The van der Waals surface area contributed by atoms with E-state index in [1.54, 1.807) is 12.1 Å². The van der Waals surface area contributed by atoms with Gasteiger partial charge in [-0.05, 0) is 43.5 Å². The topological polar surface area (TPSA) is 90.2 Å². The van der Waals surface area contributed by atoms with Crippen LogP contribution in [0.4, 0.5) is 11.5 Å². The fraction of sp³-hybridized carbons (Fsp3) is 0.643. The van der Waals surface area contributed by atoms with Crippen molar-refractivity contribution in [2.75, 3.05) is 11.9 Å². The highest BCUT2D eigenvalue weighted by Gasteiger charge is 2.25. The molecule has 0 aliphatic heterocycles. The maximum atomic E-state index is 11.8. The molecule has 1 N–H and O–H groups in total. The second kappa shape index (κ2) is 17.1. The summed E-state index contributed by atoms with van der Waals surface area (Å²) in [6.45, 7) is 6.60. The summed E-state index contributed by atoms with van der Waals surface area (Å²) in [7, 11) is 0. The smallest absolute Gasteiger partial charge is 0.373 e. The van der Waals surface area contributed by atoms with Crippen molar-refractivity contribution in [1.29, 1.82) is 0 Å². The standard InChI is InChI=1S/C28H43ClN4O3/c1-4-5-6-7-8-9-10-11-12-13-14-15-16-17-18-30-27-26(33(34)35)28(32-21-31-27)36-24-19-22(2)25(29)23(3)20-24/h19-21H,4-18H2,1-3H3,(H,30,31,32). The van der Waals surface area contributed by atoms with Gasteiger partial charge in [0.1, 0.15) is 12.1 Å². The summed E-state index contributed by atoms with van der Waals surface area (Å²) in [5, 5.41) is 15.5. The molecule has 8 heteroatoms. The van der Waals surface area contributed by atoms with Gasteiger partial charge in [0.2, 0.25) is 5.82 Å². The third-order valence-electron chi connectivity index (χ3n) is 6.42. The van der Waals surface area contributed by atoms with E-state index < -0.39 is 4.92 Å². The van der Waals surface area contributed by atoms with E-state index in [0.717, 1.165) is 24.0 Å². The van der Waals surface area contributed by atoms with E-state index in [9.17, 15) is 10.1 Å². The van der Waals surface area contributed by atoms with Crippen LogP contribution in [0.15, 0.2) is 18.5 Å². The third kappa shape index (κ3) is 10.7. The van der Waals surface area contributed by atoms with Crippen LogP contribution in [-0.2, 0) is 0 Å². The summed E-state index contributed by atoms with van der Waals surface area (Å²) < 4.78 is 5.77. The Morgan fingerprint density at radius 3 is 1.86 bits per heavy atom. The monoisotopic (exact) mass is 518 g/mol. The highest BCUT2D eigenvalue weighted by Crippen LogP contribution is 2.35. The lowest BCUT2D eigenvalue weighted by atomic mass is 10.0. The van der Waals surface area contributed by atoms with Crippen LogP contribution >= 0.6 is 11.6 Å². The average Bonchev–Trinajstić information content (AvgIpc) is 2.84. The summed E-state index contributed by atoms with van der Waals surface area (Å²) in [4.78, 5) is 19.4. The van der Waals surface area contributed by atoms with Crippen molar-refractivity contribution in [3.05, 3.63) is 44.7 Å². The SMILES string of the molecule is CCCCCCCCCCCCCCCCNc1ncnc(Oc2cc(C)c(Cl)c(C)c2)c1[N+](=O)[O-]. The zero-order chi connectivity index (χ0) is 26.2. The van der Waals surface area contributed by atoms with Crippen LogP contribution < -0.4 is 10.1 Å². The number of aryl methyl sites for hydroxylation is 2. The van der Waals surface area contributed by atoms with Gasteiger partial charge in [-0.2, -0.15) is 4.98 Å². The van der Waals surface area contributed by atoms with Gasteiger partial charge in [-0.3, -0.25) is 10.1 Å². The number of nitro groups is 1. The van der Waals surface area contributed by atoms with Gasteiger partial charge in [0, 0.05) is 11.6 Å². The number of benzene rings is 1. The molecule has 0 unspecified atom stereocenters. The van der Waals surface area contributed by atoms with Crippen molar-refractivity contribution in [3.63, 3.8) is 0 Å². The van der Waals surface area contributed by atoms with Crippen LogP contribution in [0.3, 0.4) is 0 Å². The van der Waals surface area contributed by atoms with E-state index in [2.05, 4.69) is 22.2 Å². The Labute approximate surface area is 221 Å². The molecule has 0 atom stereocenters. The van der Waals surface area contributed by atoms with Gasteiger partial charge < -0.3 is 10.1 Å². The van der Waals surface area contributed by atoms with E-state index >= 15 is 0 Å². The summed E-state index contributed by atoms with van der Waals surface area (Å²) in [5.74, 6) is 0.552. The molecular weight excluding hydrogens is 476 g/mol. The third-order valence-corrected chi connectivity index (χ3v) is 7.01. The van der Waals surface area contributed by atoms with E-state index in [0.29, 0.717) is 17.3 Å². The minimum atomic E-state index is -0.501. The zero-order valence-corrected chi connectivity index (χ0v) is 23.0. The number of nitrogens with zero attached hydrogens (tertiary/aromatic N) is 3. The van der Waals surface area contributed by atoms with Crippen molar-refractivity contribution in [2.45, 2.75) is 111 Å². The first-order valence-electron chi connectivity index (χ1n) is 13.6. The first-order valence-corrected chi connectivity index (χ1v) is 14.0. The first kappa shape index (κ1) is 29.8. The molecule has 1 aromatic carbocycles. The maximum Gasteiger partial charge on any atom is 0.373 e. The molecule has 0 amide bonds. The number of rotatable bonds is 19. The summed E-state index contributed by atoms with van der Waals surface area (Å²) >= 11 is 6.21. The van der Waals surface area contributed by atoms with Gasteiger partial charge in [-0.25, -0.2) is 4.98 Å². The second-order valence-electron chi connectivity index (χ2n) is 9.63. The molecule has 7 nitrogen and oxygen atoms in total. The quantitative estimate of drug-likeness (QED) is 0.113. The molecule has 0 aliphatic rings. The van der Waals surface area contributed by atoms with Gasteiger partial charge in [-0.1, -0.05) is 102 Å². The maximum absolute atomic E-state index is 11.8. The van der Waals surface area contributed by atoms with Crippen LogP contribution in [0.2, 0.25) is 5.02 Å². The summed E-state index contributed by atoms with van der Waals surface area (Å²) in [6, 6.07) is 3.48. The number of aromatic nitrogens is 2. The average molecular weight is 519 g/mol. The largest absolute Gasteiger partial charge is 0.434 e. The van der Waals surface area contributed by atoms with Crippen LogP contribution in [0.25, 0.3) is 0 Å². The van der Waals surface area contributed by atoms with E-state index in [-0.39, 0.29) is 17.4 Å². The Kier molecular flexibility index (Phi) is 14.2. The summed E-state index contributed by atoms with van der Waals surface area (Å²) in [6.07, 6.45) is 19.4. The highest BCUT2D eigenvalue weighted by atomic mass is 35.5. The highest BCUT2D eigenvalue weighted by molar-refractivity contribution is 6.32. The number of hydrogen-bond acceptors (Lipinski definition) is 6. The van der Waals surface area contributed by atoms with Crippen molar-refractivity contribution in [2.24, 2.45) is 0 Å². The van der Waals surface area contributed by atoms with Crippen molar-refractivity contribution < 1.29 is 9.66 Å². The number of hydrogen-bond donors (Lipinski definition) is 1. The second-order valence-corrected chi connectivity index (χ2v) is 10.0. The minimum Gasteiger partial charge on any atom is -0.434 e. The van der Waals surface area contributed by atoms with Gasteiger partial charge in [0.15, 0.2) is 0 Å². The lowest BCUT2D eigenvalue weighted by Crippen LogP contribution is -2.08. The molecule has 0 fully saturated rings. The van der Waals surface area contributed by atoms with Crippen LogP contribution in [0.1, 0.15) is 108 Å². The van der Waals surface area contributed by atoms with Crippen molar-refractivity contribution >= 4 is 23.1 Å². The Hall–Kier alpha value is -2.41. The number of ether oxygens (including phenoxy) is 1. The predicted molar refractivity (Wildman–Crippen MR) is 148 cm³/mol. The summed E-state index contributed by atoms with van der Waals surface area (Å²) in [5.41, 5.74) is 1.41. The fourth-order valence-corrected chi connectivity index (χ4v) is 4.44. The molecule has 200 valence electrons. The molecule has 2 rings (SSSR count). The molecule has 0 saturated carbocycles. The van der Waals surface area contributed by atoms with E-state index in [4.69, 9.17) is 16.3 Å². The Bertz CT molecular complexity index is 916. The van der Waals surface area contributed by atoms with Crippen molar-refractivity contribution in [3.8, 4) is 11.6 Å². The van der Waals surface area contributed by atoms with Crippen LogP contribution in [0, 0.1) is 24.0 Å². The van der Waals surface area contributed by atoms with Gasteiger partial charge >= 0.3 is 11.6 Å². The molecular formula is C28H43ClN4O3. The number of halogens is 1. The van der Waals surface area contributed by atoms with Crippen LogP contribution in [-0.4, -0.2) is 21.4 Å². The lowest BCUT2D eigenvalue weighted by molar-refractivity contribution is -0.385. The van der Waals surface area contributed by atoms with Gasteiger partial charge in [-0.15, -0.1) is 0 Å².